The van der Waals surface area contributed by atoms with E-state index in [2.05, 4.69) is 0 Å². The van der Waals surface area contributed by atoms with Crippen LogP contribution in [0.15, 0.2) is 36.4 Å². The van der Waals surface area contributed by atoms with E-state index >= 15 is 0 Å². The first-order valence-electron chi connectivity index (χ1n) is 10.3. The van der Waals surface area contributed by atoms with Crippen molar-refractivity contribution in [1.82, 2.24) is 14.5 Å². The number of esters is 1. The van der Waals surface area contributed by atoms with Crippen LogP contribution in [0.25, 0.3) is 22.2 Å². The standard InChI is InChI=1S/C23H22N4O5/c1-3-30-23(28)19-20-22(27(21(19)24)12-13-6-4-5-7-16(13)29-2)26-15-11-18-17(10-14(15)25-20)31-8-9-32-18/h4-7,10-11H,3,8-9,12,24H2,1-2H3. The van der Waals surface area contributed by atoms with E-state index < -0.39 is 5.97 Å². The molecule has 0 spiro atoms. The summed E-state index contributed by atoms with van der Waals surface area (Å²) in [6.45, 7) is 3.24. The van der Waals surface area contributed by atoms with Crippen molar-refractivity contribution in [3.63, 3.8) is 0 Å². The third-order valence-electron chi connectivity index (χ3n) is 5.35. The van der Waals surface area contributed by atoms with E-state index in [1.807, 2.05) is 24.3 Å². The predicted octanol–water partition coefficient (Wildman–Crippen LogP) is 3.17. The number of hydrogen-bond donors (Lipinski definition) is 1. The fourth-order valence-corrected chi connectivity index (χ4v) is 3.88. The van der Waals surface area contributed by atoms with E-state index in [-0.39, 0.29) is 18.0 Å². The Bertz CT molecular complexity index is 1350. The Morgan fingerprint density at radius 1 is 1.12 bits per heavy atom. The monoisotopic (exact) mass is 434 g/mol. The first-order valence-corrected chi connectivity index (χ1v) is 10.3. The molecule has 0 unspecified atom stereocenters. The number of nitrogens with zero attached hydrogens (tertiary/aromatic N) is 3. The quantitative estimate of drug-likeness (QED) is 0.477. The van der Waals surface area contributed by atoms with E-state index in [1.165, 1.54) is 0 Å². The van der Waals surface area contributed by atoms with Crippen molar-refractivity contribution in [2.45, 2.75) is 13.5 Å². The van der Waals surface area contributed by atoms with Gasteiger partial charge in [-0.2, -0.15) is 0 Å². The summed E-state index contributed by atoms with van der Waals surface area (Å²) in [5.41, 5.74) is 9.57. The molecule has 0 amide bonds. The number of carbonyl (C=O) groups excluding carboxylic acids is 1. The molecule has 2 N–H and O–H groups in total. The van der Waals surface area contributed by atoms with Crippen molar-refractivity contribution in [2.75, 3.05) is 32.7 Å². The second-order valence-electron chi connectivity index (χ2n) is 7.26. The van der Waals surface area contributed by atoms with Crippen molar-refractivity contribution in [3.05, 3.63) is 47.5 Å². The molecule has 4 aromatic rings. The summed E-state index contributed by atoms with van der Waals surface area (Å²) in [6.07, 6.45) is 0. The molecule has 32 heavy (non-hydrogen) atoms. The molecule has 0 saturated carbocycles. The lowest BCUT2D eigenvalue weighted by molar-refractivity contribution is 0.0529. The van der Waals surface area contributed by atoms with Crippen LogP contribution >= 0.6 is 0 Å². The van der Waals surface area contributed by atoms with Crippen LogP contribution in [0.3, 0.4) is 0 Å². The van der Waals surface area contributed by atoms with Crippen LogP contribution in [-0.4, -0.2) is 47.4 Å². The van der Waals surface area contributed by atoms with E-state index in [4.69, 9.17) is 34.6 Å². The number of ether oxygens (including phenoxy) is 4. The SMILES string of the molecule is CCOC(=O)c1c(N)n(Cc2ccccc2OC)c2nc3cc4c(cc3nc12)OCCO4. The van der Waals surface area contributed by atoms with Gasteiger partial charge in [0.15, 0.2) is 17.1 Å². The van der Waals surface area contributed by atoms with Gasteiger partial charge in [0.2, 0.25) is 0 Å². The van der Waals surface area contributed by atoms with Gasteiger partial charge < -0.3 is 29.2 Å². The lowest BCUT2D eigenvalue weighted by Gasteiger charge is -2.18. The predicted molar refractivity (Wildman–Crippen MR) is 118 cm³/mol. The second-order valence-corrected chi connectivity index (χ2v) is 7.26. The Morgan fingerprint density at radius 3 is 2.50 bits per heavy atom. The summed E-state index contributed by atoms with van der Waals surface area (Å²) in [6, 6.07) is 11.2. The molecule has 0 radical (unpaired) electrons. The first kappa shape index (κ1) is 19.9. The van der Waals surface area contributed by atoms with Gasteiger partial charge in [-0.05, 0) is 13.0 Å². The van der Waals surface area contributed by atoms with Crippen molar-refractivity contribution in [2.24, 2.45) is 0 Å². The third-order valence-corrected chi connectivity index (χ3v) is 5.35. The highest BCUT2D eigenvalue weighted by atomic mass is 16.6. The number of rotatable bonds is 5. The smallest absolute Gasteiger partial charge is 0.344 e. The average Bonchev–Trinajstić information content (AvgIpc) is 3.07. The van der Waals surface area contributed by atoms with Gasteiger partial charge in [0.25, 0.3) is 0 Å². The number of carbonyl (C=O) groups is 1. The van der Waals surface area contributed by atoms with Gasteiger partial charge in [0.05, 0.1) is 31.3 Å². The van der Waals surface area contributed by atoms with Crippen LogP contribution in [0.2, 0.25) is 0 Å². The number of aromatic nitrogens is 3. The topological polar surface area (TPSA) is 111 Å². The Balaban J connectivity index is 1.75. The van der Waals surface area contributed by atoms with Gasteiger partial charge in [-0.15, -0.1) is 0 Å². The fourth-order valence-electron chi connectivity index (χ4n) is 3.88. The fraction of sp³-hybridized carbons (Fsp3) is 0.261. The third kappa shape index (κ3) is 3.22. The Labute approximate surface area is 183 Å². The average molecular weight is 434 g/mol. The molecule has 1 aliphatic heterocycles. The molecule has 0 saturated heterocycles. The number of benzene rings is 2. The van der Waals surface area contributed by atoms with Gasteiger partial charge in [0.1, 0.15) is 35.9 Å². The number of nitrogen functional groups attached to an aromatic ring is 1. The molecule has 0 bridgehead atoms. The molecule has 9 nitrogen and oxygen atoms in total. The van der Waals surface area contributed by atoms with E-state index in [0.29, 0.717) is 59.2 Å². The first-order chi connectivity index (χ1) is 15.6. The van der Waals surface area contributed by atoms with Crippen LogP contribution in [-0.2, 0) is 11.3 Å². The summed E-state index contributed by atoms with van der Waals surface area (Å²) in [5.74, 6) is 1.60. The zero-order valence-electron chi connectivity index (χ0n) is 17.8. The largest absolute Gasteiger partial charge is 0.496 e. The number of fused-ring (bicyclic) bond motifs is 3. The maximum absolute atomic E-state index is 12.8. The maximum Gasteiger partial charge on any atom is 0.344 e. The van der Waals surface area contributed by atoms with Crippen LogP contribution < -0.4 is 19.9 Å². The summed E-state index contributed by atoms with van der Waals surface area (Å²) >= 11 is 0. The zero-order valence-corrected chi connectivity index (χ0v) is 17.8. The normalized spacial score (nSPS) is 12.8. The molecule has 3 heterocycles. The summed E-state index contributed by atoms with van der Waals surface area (Å²) in [4.78, 5) is 22.3. The lowest BCUT2D eigenvalue weighted by atomic mass is 10.2. The van der Waals surface area contributed by atoms with E-state index in [9.17, 15) is 4.79 Å². The summed E-state index contributed by atoms with van der Waals surface area (Å²) in [7, 11) is 1.61. The van der Waals surface area contributed by atoms with Crippen LogP contribution in [0.4, 0.5) is 5.82 Å². The van der Waals surface area contributed by atoms with Crippen molar-refractivity contribution >= 4 is 34.0 Å². The molecule has 2 aromatic carbocycles. The molecule has 2 aromatic heterocycles. The van der Waals surface area contributed by atoms with E-state index in [1.54, 1.807) is 30.7 Å². The maximum atomic E-state index is 12.8. The van der Waals surface area contributed by atoms with Crippen LogP contribution in [0, 0.1) is 0 Å². The number of methoxy groups -OCH3 is 1. The molecular weight excluding hydrogens is 412 g/mol. The van der Waals surface area contributed by atoms with Crippen LogP contribution in [0.1, 0.15) is 22.8 Å². The van der Waals surface area contributed by atoms with E-state index in [0.717, 1.165) is 5.56 Å². The highest BCUT2D eigenvalue weighted by Crippen LogP contribution is 2.36. The Morgan fingerprint density at radius 2 is 1.81 bits per heavy atom. The van der Waals surface area contributed by atoms with Crippen molar-refractivity contribution in [3.8, 4) is 17.2 Å². The number of nitrogens with two attached hydrogens (primary N) is 1. The van der Waals surface area contributed by atoms with Gasteiger partial charge in [-0.25, -0.2) is 14.8 Å². The minimum absolute atomic E-state index is 0.195. The molecule has 1 aliphatic rings. The van der Waals surface area contributed by atoms with Gasteiger partial charge in [-0.1, -0.05) is 18.2 Å². The summed E-state index contributed by atoms with van der Waals surface area (Å²) in [5, 5.41) is 0. The number of para-hydroxylation sites is 1. The minimum atomic E-state index is -0.542. The Kier molecular flexibility index (Phi) is 4.93. The van der Waals surface area contributed by atoms with Crippen LogP contribution in [0.5, 0.6) is 17.2 Å². The van der Waals surface area contributed by atoms with Gasteiger partial charge in [0, 0.05) is 17.7 Å². The highest BCUT2D eigenvalue weighted by Gasteiger charge is 2.26. The lowest BCUT2D eigenvalue weighted by Crippen LogP contribution is -2.15. The molecule has 9 heteroatoms. The molecule has 0 fully saturated rings. The molecule has 0 aliphatic carbocycles. The van der Waals surface area contributed by atoms with Gasteiger partial charge >= 0.3 is 5.97 Å². The number of anilines is 1. The zero-order chi connectivity index (χ0) is 22.2. The molecule has 164 valence electrons. The van der Waals surface area contributed by atoms with Crippen molar-refractivity contribution in [1.29, 1.82) is 0 Å². The molecular formula is C23H22N4O5. The molecule has 0 atom stereocenters. The highest BCUT2D eigenvalue weighted by molar-refractivity contribution is 6.08. The summed E-state index contributed by atoms with van der Waals surface area (Å²) < 4.78 is 23.8. The van der Waals surface area contributed by atoms with Gasteiger partial charge in [-0.3, -0.25) is 0 Å². The molecule has 5 rings (SSSR count). The minimum Gasteiger partial charge on any atom is -0.496 e. The number of hydrogen-bond acceptors (Lipinski definition) is 8. The second kappa shape index (κ2) is 7.92. The Hall–Kier alpha value is -4.01. The van der Waals surface area contributed by atoms with Crippen molar-refractivity contribution < 1.29 is 23.7 Å².